The Morgan fingerprint density at radius 3 is 2.14 bits per heavy atom. The molecule has 3 atom stereocenters. The van der Waals surface area contributed by atoms with Gasteiger partial charge >= 0.3 is 0 Å². The first-order valence-electron chi connectivity index (χ1n) is 6.26. The molecule has 0 heterocycles. The summed E-state index contributed by atoms with van der Waals surface area (Å²) in [4.78, 5) is 0. The van der Waals surface area contributed by atoms with E-state index in [1.807, 2.05) is 0 Å². The maximum atomic E-state index is 5.71. The molecule has 0 amide bonds. The van der Waals surface area contributed by atoms with Crippen molar-refractivity contribution < 1.29 is 0 Å². The van der Waals surface area contributed by atoms with E-state index >= 15 is 0 Å². The quantitative estimate of drug-likeness (QED) is 0.523. The van der Waals surface area contributed by atoms with Gasteiger partial charge in [0, 0.05) is 6.04 Å². The van der Waals surface area contributed by atoms with Gasteiger partial charge in [-0.05, 0) is 42.9 Å². The predicted octanol–water partition coefficient (Wildman–Crippen LogP) is 2.30. The number of hydrogen-bond acceptors (Lipinski definition) is 2. The third-order valence-corrected chi connectivity index (χ3v) is 4.54. The van der Waals surface area contributed by atoms with Crippen molar-refractivity contribution in [3.8, 4) is 0 Å². The summed E-state index contributed by atoms with van der Waals surface area (Å²) in [6.45, 7) is 4.57. The van der Waals surface area contributed by atoms with E-state index in [0.29, 0.717) is 6.04 Å². The molecule has 0 saturated heterocycles. The Kier molecular flexibility index (Phi) is 3.13. The van der Waals surface area contributed by atoms with Crippen LogP contribution in [0, 0.1) is 23.7 Å². The van der Waals surface area contributed by atoms with Crippen LogP contribution in [0.3, 0.4) is 0 Å². The smallest absolute Gasteiger partial charge is 0.0266 e. The fraction of sp³-hybridized carbons (Fsp3) is 1.00. The van der Waals surface area contributed by atoms with Crippen LogP contribution in [0.15, 0.2) is 0 Å². The minimum absolute atomic E-state index is 0.581. The monoisotopic (exact) mass is 196 g/mol. The highest BCUT2D eigenvalue weighted by Crippen LogP contribution is 2.55. The second-order valence-corrected chi connectivity index (χ2v) is 5.26. The van der Waals surface area contributed by atoms with Gasteiger partial charge in [-0.25, -0.2) is 0 Å². The maximum Gasteiger partial charge on any atom is 0.0266 e. The zero-order valence-corrected chi connectivity index (χ0v) is 9.50. The van der Waals surface area contributed by atoms with Crippen LogP contribution in [0.4, 0.5) is 0 Å². The van der Waals surface area contributed by atoms with E-state index < -0.39 is 0 Å². The molecule has 2 aliphatic rings. The Morgan fingerprint density at radius 2 is 1.71 bits per heavy atom. The first kappa shape index (κ1) is 10.4. The van der Waals surface area contributed by atoms with E-state index in [-0.39, 0.29) is 0 Å². The number of fused-ring (bicyclic) bond motifs is 1. The maximum absolute atomic E-state index is 5.71. The number of nitrogens with two attached hydrogens (primary N) is 1. The third-order valence-electron chi connectivity index (χ3n) is 4.54. The molecule has 2 nitrogen and oxygen atoms in total. The van der Waals surface area contributed by atoms with E-state index in [0.717, 1.165) is 23.7 Å². The third kappa shape index (κ3) is 1.82. The fourth-order valence-corrected chi connectivity index (χ4v) is 3.51. The molecule has 2 fully saturated rings. The normalized spacial score (nSPS) is 37.3. The lowest BCUT2D eigenvalue weighted by Crippen LogP contribution is -2.45. The van der Waals surface area contributed by atoms with E-state index in [1.165, 1.54) is 32.1 Å². The molecule has 14 heavy (non-hydrogen) atoms. The minimum atomic E-state index is 0.581. The van der Waals surface area contributed by atoms with Gasteiger partial charge in [-0.2, -0.15) is 0 Å². The Balaban J connectivity index is 1.91. The molecule has 2 heteroatoms. The van der Waals surface area contributed by atoms with Crippen molar-refractivity contribution in [3.63, 3.8) is 0 Å². The molecular weight excluding hydrogens is 172 g/mol. The van der Waals surface area contributed by atoms with Gasteiger partial charge in [0.2, 0.25) is 0 Å². The Bertz CT molecular complexity index is 179. The van der Waals surface area contributed by atoms with Crippen molar-refractivity contribution in [1.29, 1.82) is 0 Å². The molecule has 0 aromatic rings. The first-order chi connectivity index (χ1) is 6.80. The van der Waals surface area contributed by atoms with Gasteiger partial charge in [0.1, 0.15) is 0 Å². The summed E-state index contributed by atoms with van der Waals surface area (Å²) in [6.07, 6.45) is 6.91. The van der Waals surface area contributed by atoms with Gasteiger partial charge in [0.05, 0.1) is 0 Å². The number of nitrogens with one attached hydrogen (secondary N) is 1. The molecule has 0 aromatic carbocycles. The van der Waals surface area contributed by atoms with Crippen LogP contribution in [-0.4, -0.2) is 6.04 Å². The Morgan fingerprint density at radius 1 is 1.14 bits per heavy atom. The number of hydrogen-bond donors (Lipinski definition) is 2. The van der Waals surface area contributed by atoms with Crippen LogP contribution in [-0.2, 0) is 0 Å². The van der Waals surface area contributed by atoms with E-state index in [4.69, 9.17) is 5.84 Å². The van der Waals surface area contributed by atoms with E-state index in [2.05, 4.69) is 19.3 Å². The Labute approximate surface area is 87.6 Å². The van der Waals surface area contributed by atoms with Crippen LogP contribution in [0.2, 0.25) is 0 Å². The van der Waals surface area contributed by atoms with Crippen LogP contribution >= 0.6 is 0 Å². The standard InChI is InChI=1S/C12H24N2/c1-3-8(4-2)12(14-13)11-6-9-5-10(9)7-11/h8-12,14H,3-7,13H2,1-2H3. The number of hydrazine groups is 1. The second kappa shape index (κ2) is 4.19. The van der Waals surface area contributed by atoms with Gasteiger partial charge < -0.3 is 0 Å². The van der Waals surface area contributed by atoms with Crippen LogP contribution < -0.4 is 11.3 Å². The summed E-state index contributed by atoms with van der Waals surface area (Å²) in [5, 5.41) is 0. The highest BCUT2D eigenvalue weighted by molar-refractivity contribution is 4.99. The highest BCUT2D eigenvalue weighted by atomic mass is 15.2. The average Bonchev–Trinajstić information content (AvgIpc) is 2.82. The SMILES string of the molecule is CCC(CC)C(NN)C1CC2CC2C1. The molecule has 2 saturated carbocycles. The summed E-state index contributed by atoms with van der Waals surface area (Å²) >= 11 is 0. The lowest BCUT2D eigenvalue weighted by atomic mass is 9.83. The molecular formula is C12H24N2. The van der Waals surface area contributed by atoms with E-state index in [9.17, 15) is 0 Å². The van der Waals surface area contributed by atoms with Crippen LogP contribution in [0.1, 0.15) is 46.0 Å². The largest absolute Gasteiger partial charge is 0.271 e. The molecule has 3 N–H and O–H groups in total. The zero-order valence-electron chi connectivity index (χ0n) is 9.50. The van der Waals surface area contributed by atoms with Crippen molar-refractivity contribution in [3.05, 3.63) is 0 Å². The summed E-state index contributed by atoms with van der Waals surface area (Å²) in [5.41, 5.74) is 3.09. The summed E-state index contributed by atoms with van der Waals surface area (Å²) in [6, 6.07) is 0.581. The molecule has 82 valence electrons. The lowest BCUT2D eigenvalue weighted by molar-refractivity contribution is 0.235. The molecule has 2 rings (SSSR count). The van der Waals surface area contributed by atoms with Gasteiger partial charge in [0.25, 0.3) is 0 Å². The van der Waals surface area contributed by atoms with Gasteiger partial charge in [-0.1, -0.05) is 26.7 Å². The average molecular weight is 196 g/mol. The molecule has 2 aliphatic carbocycles. The summed E-state index contributed by atoms with van der Waals surface area (Å²) in [7, 11) is 0. The molecule has 0 radical (unpaired) electrons. The van der Waals surface area contributed by atoms with Crippen LogP contribution in [0.25, 0.3) is 0 Å². The molecule has 0 bridgehead atoms. The molecule has 0 aromatic heterocycles. The van der Waals surface area contributed by atoms with Crippen molar-refractivity contribution in [2.75, 3.05) is 0 Å². The molecule has 0 spiro atoms. The highest BCUT2D eigenvalue weighted by Gasteiger charge is 2.48. The van der Waals surface area contributed by atoms with E-state index in [1.54, 1.807) is 0 Å². The second-order valence-electron chi connectivity index (χ2n) is 5.26. The van der Waals surface area contributed by atoms with Gasteiger partial charge in [0.15, 0.2) is 0 Å². The summed E-state index contributed by atoms with van der Waals surface area (Å²) < 4.78 is 0. The predicted molar refractivity (Wildman–Crippen MR) is 59.5 cm³/mol. The minimum Gasteiger partial charge on any atom is -0.271 e. The topological polar surface area (TPSA) is 38.0 Å². The van der Waals surface area contributed by atoms with Gasteiger partial charge in [-0.3, -0.25) is 11.3 Å². The van der Waals surface area contributed by atoms with Gasteiger partial charge in [-0.15, -0.1) is 0 Å². The van der Waals surface area contributed by atoms with Crippen LogP contribution in [0.5, 0.6) is 0 Å². The zero-order chi connectivity index (χ0) is 10.1. The molecule has 0 aliphatic heterocycles. The number of rotatable bonds is 5. The molecule has 3 unspecified atom stereocenters. The van der Waals surface area contributed by atoms with Crippen molar-refractivity contribution >= 4 is 0 Å². The summed E-state index contributed by atoms with van der Waals surface area (Å²) in [5.74, 6) is 9.51. The fourth-order valence-electron chi connectivity index (χ4n) is 3.51. The first-order valence-corrected chi connectivity index (χ1v) is 6.26. The Hall–Kier alpha value is -0.0800. The van der Waals surface area contributed by atoms with Crippen molar-refractivity contribution in [1.82, 2.24) is 5.43 Å². The lowest BCUT2D eigenvalue weighted by Gasteiger charge is -2.30. The van der Waals surface area contributed by atoms with Crippen molar-refractivity contribution in [2.45, 2.75) is 52.0 Å². The van der Waals surface area contributed by atoms with Crippen molar-refractivity contribution in [2.24, 2.45) is 29.5 Å².